The van der Waals surface area contributed by atoms with Crippen LogP contribution in [0, 0.1) is 5.41 Å². The van der Waals surface area contributed by atoms with E-state index in [2.05, 4.69) is 17.2 Å². The lowest BCUT2D eigenvalue weighted by atomic mass is 9.72. The fourth-order valence-corrected chi connectivity index (χ4v) is 3.02. The Morgan fingerprint density at radius 1 is 1.15 bits per heavy atom. The second-order valence-electron chi connectivity index (χ2n) is 5.82. The third-order valence-corrected chi connectivity index (χ3v) is 4.29. The highest BCUT2D eigenvalue weighted by Gasteiger charge is 2.37. The van der Waals surface area contributed by atoms with Gasteiger partial charge in [0.25, 0.3) is 0 Å². The van der Waals surface area contributed by atoms with Crippen LogP contribution in [0.4, 0.5) is 0 Å². The summed E-state index contributed by atoms with van der Waals surface area (Å²) in [5, 5.41) is 8.02. The van der Waals surface area contributed by atoms with Gasteiger partial charge in [-0.3, -0.25) is 4.79 Å². The molecule has 1 aliphatic rings. The van der Waals surface area contributed by atoms with E-state index in [1.807, 2.05) is 30.3 Å². The summed E-state index contributed by atoms with van der Waals surface area (Å²) in [6.45, 7) is 2.08. The molecule has 20 heavy (non-hydrogen) atoms. The van der Waals surface area contributed by atoms with E-state index in [1.165, 1.54) is 6.42 Å². The van der Waals surface area contributed by atoms with Crippen molar-refractivity contribution >= 4 is 5.78 Å². The van der Waals surface area contributed by atoms with E-state index in [-0.39, 0.29) is 11.2 Å². The number of carbonyl (C=O) groups excluding carboxylic acids is 1. The number of hydrogen-bond acceptors (Lipinski definition) is 3. The molecule has 1 aliphatic carbocycles. The molecule has 0 bridgehead atoms. The molecule has 0 aliphatic heterocycles. The Morgan fingerprint density at radius 3 is 2.55 bits per heavy atom. The minimum atomic E-state index is -0.257. The molecule has 4 heteroatoms. The van der Waals surface area contributed by atoms with Gasteiger partial charge in [0.2, 0.25) is 0 Å². The van der Waals surface area contributed by atoms with Crippen molar-refractivity contribution in [2.24, 2.45) is 5.41 Å². The van der Waals surface area contributed by atoms with Crippen molar-refractivity contribution in [3.8, 4) is 5.69 Å². The zero-order valence-corrected chi connectivity index (χ0v) is 11.7. The zero-order chi connectivity index (χ0) is 14.0. The van der Waals surface area contributed by atoms with Crippen molar-refractivity contribution in [3.63, 3.8) is 0 Å². The van der Waals surface area contributed by atoms with Crippen molar-refractivity contribution in [1.82, 2.24) is 15.0 Å². The number of nitrogens with zero attached hydrogens (tertiary/aromatic N) is 3. The van der Waals surface area contributed by atoms with Crippen molar-refractivity contribution in [2.45, 2.75) is 39.0 Å². The van der Waals surface area contributed by atoms with Gasteiger partial charge in [-0.2, -0.15) is 0 Å². The molecule has 0 atom stereocenters. The topological polar surface area (TPSA) is 47.8 Å². The Labute approximate surface area is 118 Å². The fraction of sp³-hybridized carbons (Fsp3) is 0.438. The van der Waals surface area contributed by atoms with Crippen LogP contribution >= 0.6 is 0 Å². The molecule has 4 nitrogen and oxygen atoms in total. The molecule has 0 N–H and O–H groups in total. The smallest absolute Gasteiger partial charge is 0.188 e. The minimum absolute atomic E-state index is 0.172. The lowest BCUT2D eigenvalue weighted by Gasteiger charge is -2.31. The summed E-state index contributed by atoms with van der Waals surface area (Å²) < 4.78 is 1.65. The molecule has 2 aromatic rings. The number of ketones is 1. The largest absolute Gasteiger partial charge is 0.292 e. The summed E-state index contributed by atoms with van der Waals surface area (Å²) in [5.41, 5.74) is 1.22. The fourth-order valence-electron chi connectivity index (χ4n) is 3.02. The average molecular weight is 269 g/mol. The maximum atomic E-state index is 12.9. The minimum Gasteiger partial charge on any atom is -0.292 e. The number of aromatic nitrogens is 3. The summed E-state index contributed by atoms with van der Waals surface area (Å²) in [4.78, 5) is 12.9. The van der Waals surface area contributed by atoms with E-state index in [1.54, 1.807) is 10.9 Å². The van der Waals surface area contributed by atoms with Crippen molar-refractivity contribution < 1.29 is 4.79 Å². The van der Waals surface area contributed by atoms with Crippen LogP contribution in [-0.4, -0.2) is 20.8 Å². The van der Waals surface area contributed by atoms with Gasteiger partial charge < -0.3 is 0 Å². The lowest BCUT2D eigenvalue weighted by Crippen LogP contribution is -2.31. The van der Waals surface area contributed by atoms with Crippen molar-refractivity contribution in [2.75, 3.05) is 0 Å². The highest BCUT2D eigenvalue weighted by atomic mass is 16.1. The number of para-hydroxylation sites is 1. The lowest BCUT2D eigenvalue weighted by molar-refractivity contribution is 0.0740. The molecule has 3 rings (SSSR count). The maximum absolute atomic E-state index is 12.9. The highest BCUT2D eigenvalue weighted by Crippen LogP contribution is 2.38. The van der Waals surface area contributed by atoms with Crippen LogP contribution < -0.4 is 0 Å². The Bertz CT molecular complexity index is 597. The van der Waals surface area contributed by atoms with Gasteiger partial charge >= 0.3 is 0 Å². The summed E-state index contributed by atoms with van der Waals surface area (Å²) in [7, 11) is 0. The number of benzene rings is 1. The molecule has 0 unspecified atom stereocenters. The third-order valence-electron chi connectivity index (χ3n) is 4.29. The van der Waals surface area contributed by atoms with E-state index >= 15 is 0 Å². The van der Waals surface area contributed by atoms with Gasteiger partial charge in [-0.05, 0) is 25.0 Å². The van der Waals surface area contributed by atoms with Crippen LogP contribution in [0.2, 0.25) is 0 Å². The molecule has 1 saturated carbocycles. The number of Topliss-reactive ketones (excluding diaryl/α,β-unsaturated/α-hetero) is 1. The molecule has 1 fully saturated rings. The van der Waals surface area contributed by atoms with Crippen LogP contribution in [0.15, 0.2) is 36.5 Å². The predicted octanol–water partition coefficient (Wildman–Crippen LogP) is 3.42. The summed E-state index contributed by atoms with van der Waals surface area (Å²) in [6, 6.07) is 9.70. The second-order valence-corrected chi connectivity index (χ2v) is 5.82. The number of hydrogen-bond donors (Lipinski definition) is 0. The average Bonchev–Trinajstić information content (AvgIpc) is 2.97. The van der Waals surface area contributed by atoms with Gasteiger partial charge in [0, 0.05) is 5.41 Å². The van der Waals surface area contributed by atoms with Crippen LogP contribution in [0.25, 0.3) is 5.69 Å². The Morgan fingerprint density at radius 2 is 1.85 bits per heavy atom. The SMILES string of the molecule is CC1(C(=O)c2cnnn2-c2ccccc2)CCCCC1. The first kappa shape index (κ1) is 13.0. The van der Waals surface area contributed by atoms with E-state index in [9.17, 15) is 4.79 Å². The third kappa shape index (κ3) is 2.26. The first-order chi connectivity index (χ1) is 9.71. The van der Waals surface area contributed by atoms with Crippen molar-refractivity contribution in [3.05, 3.63) is 42.2 Å². The maximum Gasteiger partial charge on any atom is 0.188 e. The molecule has 1 heterocycles. The first-order valence-corrected chi connectivity index (χ1v) is 7.22. The molecular weight excluding hydrogens is 250 g/mol. The molecule has 0 amide bonds. The molecule has 104 valence electrons. The Kier molecular flexibility index (Phi) is 3.38. The summed E-state index contributed by atoms with van der Waals surface area (Å²) >= 11 is 0. The molecule has 1 aromatic heterocycles. The monoisotopic (exact) mass is 269 g/mol. The van der Waals surface area contributed by atoms with Gasteiger partial charge in [-0.15, -0.1) is 5.10 Å². The standard InChI is InChI=1S/C16H19N3O/c1-16(10-6-3-7-11-16)15(20)14-12-17-18-19(14)13-8-4-2-5-9-13/h2,4-5,8-9,12H,3,6-7,10-11H2,1H3. The Hall–Kier alpha value is -1.97. The van der Waals surface area contributed by atoms with E-state index in [0.717, 1.165) is 31.4 Å². The quantitative estimate of drug-likeness (QED) is 0.802. The van der Waals surface area contributed by atoms with Crippen LogP contribution in [0.3, 0.4) is 0 Å². The van der Waals surface area contributed by atoms with Crippen LogP contribution in [0.1, 0.15) is 49.5 Å². The Balaban J connectivity index is 1.95. The predicted molar refractivity (Wildman–Crippen MR) is 76.9 cm³/mol. The van der Waals surface area contributed by atoms with Gasteiger partial charge in [-0.1, -0.05) is 49.6 Å². The van der Waals surface area contributed by atoms with Gasteiger partial charge in [0.05, 0.1) is 11.9 Å². The normalized spacial score (nSPS) is 17.9. The van der Waals surface area contributed by atoms with Crippen LogP contribution in [-0.2, 0) is 0 Å². The first-order valence-electron chi connectivity index (χ1n) is 7.22. The summed E-state index contributed by atoms with van der Waals surface area (Å²) in [5.74, 6) is 0.172. The molecule has 0 radical (unpaired) electrons. The highest BCUT2D eigenvalue weighted by molar-refractivity contribution is 5.99. The van der Waals surface area contributed by atoms with E-state index in [0.29, 0.717) is 5.69 Å². The van der Waals surface area contributed by atoms with Gasteiger partial charge in [0.1, 0.15) is 5.69 Å². The molecule has 0 spiro atoms. The zero-order valence-electron chi connectivity index (χ0n) is 11.7. The van der Waals surface area contributed by atoms with E-state index in [4.69, 9.17) is 0 Å². The summed E-state index contributed by atoms with van der Waals surface area (Å²) in [6.07, 6.45) is 7.02. The van der Waals surface area contributed by atoms with Gasteiger partial charge in [0.15, 0.2) is 5.78 Å². The number of carbonyl (C=O) groups is 1. The number of rotatable bonds is 3. The second kappa shape index (κ2) is 5.19. The van der Waals surface area contributed by atoms with Gasteiger partial charge in [-0.25, -0.2) is 4.68 Å². The molecular formula is C16H19N3O. The molecule has 1 aromatic carbocycles. The van der Waals surface area contributed by atoms with Crippen LogP contribution in [0.5, 0.6) is 0 Å². The molecule has 0 saturated heterocycles. The van der Waals surface area contributed by atoms with Crippen molar-refractivity contribution in [1.29, 1.82) is 0 Å². The van der Waals surface area contributed by atoms with E-state index < -0.39 is 0 Å².